The summed E-state index contributed by atoms with van der Waals surface area (Å²) >= 11 is 23.9. The highest BCUT2D eigenvalue weighted by atomic mass is 35.5. The molecule has 0 unspecified atom stereocenters. The van der Waals surface area contributed by atoms with Crippen molar-refractivity contribution in [3.63, 3.8) is 0 Å². The monoisotopic (exact) mass is 529 g/mol. The molecule has 5 amide bonds. The number of amides is 5. The molecule has 1 saturated heterocycles. The first-order valence-corrected chi connectivity index (χ1v) is 10.3. The van der Waals surface area contributed by atoms with Crippen LogP contribution in [0.1, 0.15) is 0 Å². The minimum absolute atomic E-state index is 0.0609. The van der Waals surface area contributed by atoms with E-state index in [0.717, 1.165) is 0 Å². The summed E-state index contributed by atoms with van der Waals surface area (Å²) in [5, 5.41) is 6.42. The Labute approximate surface area is 205 Å². The maximum absolute atomic E-state index is 13.1. The van der Waals surface area contributed by atoms with Crippen molar-refractivity contribution in [2.75, 3.05) is 10.2 Å². The van der Waals surface area contributed by atoms with Crippen LogP contribution in [0, 0.1) is 5.92 Å². The highest BCUT2D eigenvalue weighted by Gasteiger charge is 2.50. The van der Waals surface area contributed by atoms with E-state index >= 15 is 0 Å². The number of primary amides is 1. The SMILES string of the molecule is NC(=O)C(=O)N/N=C1/C(=O)N(c2ccc(Cl)cc2Cl)C(=O)[C@@H]1C(=O)Nc1ccc(Cl)cc1Cl. The average molecular weight is 531 g/mol. The lowest BCUT2D eigenvalue weighted by atomic mass is 10.0. The van der Waals surface area contributed by atoms with Crippen LogP contribution in [0.4, 0.5) is 11.4 Å². The Morgan fingerprint density at radius 1 is 0.939 bits per heavy atom. The number of carbonyl (C=O) groups excluding carboxylic acids is 5. The first-order chi connectivity index (χ1) is 15.5. The molecule has 0 saturated carbocycles. The van der Waals surface area contributed by atoms with Gasteiger partial charge in [-0.1, -0.05) is 46.4 Å². The Morgan fingerprint density at radius 3 is 2.12 bits per heavy atom. The zero-order valence-electron chi connectivity index (χ0n) is 16.1. The number of imide groups is 1. The Hall–Kier alpha value is -3.18. The minimum Gasteiger partial charge on any atom is -0.361 e. The van der Waals surface area contributed by atoms with E-state index in [1.807, 2.05) is 0 Å². The largest absolute Gasteiger partial charge is 0.361 e. The molecule has 2 aromatic carbocycles. The van der Waals surface area contributed by atoms with Gasteiger partial charge in [-0.25, -0.2) is 10.3 Å². The molecule has 0 bridgehead atoms. The van der Waals surface area contributed by atoms with E-state index < -0.39 is 41.2 Å². The number of hydrazone groups is 1. The first kappa shape index (κ1) is 24.5. The number of benzene rings is 2. The van der Waals surface area contributed by atoms with Gasteiger partial charge in [0, 0.05) is 10.0 Å². The number of nitrogens with two attached hydrogens (primary N) is 1. The summed E-state index contributed by atoms with van der Waals surface area (Å²) in [5.41, 5.74) is 5.90. The lowest BCUT2D eigenvalue weighted by Gasteiger charge is -2.16. The van der Waals surface area contributed by atoms with E-state index in [1.54, 1.807) is 5.43 Å². The summed E-state index contributed by atoms with van der Waals surface area (Å²) in [6, 6.07) is 8.11. The van der Waals surface area contributed by atoms with Crippen LogP contribution < -0.4 is 21.4 Å². The molecule has 170 valence electrons. The van der Waals surface area contributed by atoms with Crippen molar-refractivity contribution in [2.24, 2.45) is 16.8 Å². The van der Waals surface area contributed by atoms with Crippen molar-refractivity contribution in [2.45, 2.75) is 0 Å². The molecule has 0 aliphatic carbocycles. The molecule has 0 aromatic heterocycles. The molecule has 1 aliphatic heterocycles. The fraction of sp³-hybridized carbons (Fsp3) is 0.0526. The van der Waals surface area contributed by atoms with Gasteiger partial charge in [0.25, 0.3) is 11.8 Å². The predicted molar refractivity (Wildman–Crippen MR) is 122 cm³/mol. The Kier molecular flexibility index (Phi) is 7.23. The van der Waals surface area contributed by atoms with Gasteiger partial charge < -0.3 is 11.1 Å². The number of halogens is 4. The lowest BCUT2D eigenvalue weighted by molar-refractivity contribution is -0.137. The van der Waals surface area contributed by atoms with E-state index in [1.165, 1.54) is 36.4 Å². The first-order valence-electron chi connectivity index (χ1n) is 8.78. The van der Waals surface area contributed by atoms with Crippen LogP contribution in [0.25, 0.3) is 0 Å². The van der Waals surface area contributed by atoms with Gasteiger partial charge in [-0.2, -0.15) is 5.10 Å². The summed E-state index contributed by atoms with van der Waals surface area (Å²) in [6.45, 7) is 0. The van der Waals surface area contributed by atoms with E-state index in [2.05, 4.69) is 10.4 Å². The molecule has 1 aliphatic rings. The van der Waals surface area contributed by atoms with Crippen molar-refractivity contribution in [1.29, 1.82) is 0 Å². The Balaban J connectivity index is 2.03. The van der Waals surface area contributed by atoms with Crippen molar-refractivity contribution in [3.8, 4) is 0 Å². The van der Waals surface area contributed by atoms with Gasteiger partial charge >= 0.3 is 11.8 Å². The highest BCUT2D eigenvalue weighted by Crippen LogP contribution is 2.34. The molecule has 33 heavy (non-hydrogen) atoms. The van der Waals surface area contributed by atoms with Crippen LogP contribution in [0.3, 0.4) is 0 Å². The molecule has 14 heteroatoms. The van der Waals surface area contributed by atoms with Crippen molar-refractivity contribution in [1.82, 2.24) is 5.43 Å². The maximum Gasteiger partial charge on any atom is 0.329 e. The number of anilines is 2. The zero-order valence-corrected chi connectivity index (χ0v) is 19.1. The fourth-order valence-corrected chi connectivity index (χ4v) is 3.73. The number of hydrogen-bond donors (Lipinski definition) is 3. The van der Waals surface area contributed by atoms with Crippen molar-refractivity contribution >= 4 is 93.0 Å². The van der Waals surface area contributed by atoms with Gasteiger partial charge in [0.05, 0.1) is 21.4 Å². The average Bonchev–Trinajstić information content (AvgIpc) is 2.98. The van der Waals surface area contributed by atoms with Crippen molar-refractivity contribution < 1.29 is 24.0 Å². The van der Waals surface area contributed by atoms with Crippen LogP contribution >= 0.6 is 46.4 Å². The topological polar surface area (TPSA) is 151 Å². The molecule has 4 N–H and O–H groups in total. The summed E-state index contributed by atoms with van der Waals surface area (Å²) in [6.07, 6.45) is 0. The molecule has 3 rings (SSSR count). The zero-order chi connectivity index (χ0) is 24.4. The predicted octanol–water partition coefficient (Wildman–Crippen LogP) is 2.39. The normalized spacial score (nSPS) is 16.8. The van der Waals surface area contributed by atoms with Crippen LogP contribution in [0.5, 0.6) is 0 Å². The van der Waals surface area contributed by atoms with Crippen LogP contribution in [0.15, 0.2) is 41.5 Å². The van der Waals surface area contributed by atoms with Gasteiger partial charge in [0.2, 0.25) is 5.91 Å². The summed E-state index contributed by atoms with van der Waals surface area (Å²) in [7, 11) is 0. The molecule has 1 atom stereocenters. The second kappa shape index (κ2) is 9.75. The maximum atomic E-state index is 13.1. The third kappa shape index (κ3) is 5.09. The lowest BCUT2D eigenvalue weighted by Crippen LogP contribution is -2.37. The van der Waals surface area contributed by atoms with E-state index in [4.69, 9.17) is 52.1 Å². The minimum atomic E-state index is -1.83. The van der Waals surface area contributed by atoms with Crippen LogP contribution in [-0.4, -0.2) is 35.2 Å². The van der Waals surface area contributed by atoms with Crippen LogP contribution in [-0.2, 0) is 24.0 Å². The van der Waals surface area contributed by atoms with Gasteiger partial charge in [0.15, 0.2) is 5.92 Å². The fourth-order valence-electron chi connectivity index (χ4n) is 2.79. The number of nitrogens with zero attached hydrogens (tertiary/aromatic N) is 2. The molecule has 0 radical (unpaired) electrons. The van der Waals surface area contributed by atoms with Crippen molar-refractivity contribution in [3.05, 3.63) is 56.5 Å². The molecule has 2 aromatic rings. The second-order valence-corrected chi connectivity index (χ2v) is 8.11. The second-order valence-electron chi connectivity index (χ2n) is 6.42. The summed E-state index contributed by atoms with van der Waals surface area (Å²) in [5.74, 6) is -7.70. The third-order valence-electron chi connectivity index (χ3n) is 4.27. The quantitative estimate of drug-likeness (QED) is 0.240. The van der Waals surface area contributed by atoms with Crippen LogP contribution in [0.2, 0.25) is 20.1 Å². The molecular formula is C19H11Cl4N5O5. The Morgan fingerprint density at radius 2 is 1.55 bits per heavy atom. The standard InChI is InChI=1S/C19H11Cl4N5O5/c20-7-1-3-11(9(22)5-7)25-16(30)13-14(26-27-17(31)15(24)29)19(33)28(18(13)32)12-4-2-8(21)6-10(12)23/h1-6,13H,(H2,24,29)(H,25,30)(H,27,31)/b26-14+/t13-/m0/s1. The number of carbonyl (C=O) groups is 5. The summed E-state index contributed by atoms with van der Waals surface area (Å²) in [4.78, 5) is 62.2. The van der Waals surface area contributed by atoms with E-state index in [9.17, 15) is 24.0 Å². The van der Waals surface area contributed by atoms with E-state index in [-0.39, 0.29) is 26.4 Å². The van der Waals surface area contributed by atoms with Gasteiger partial charge in [-0.15, -0.1) is 0 Å². The van der Waals surface area contributed by atoms with Gasteiger partial charge in [-0.05, 0) is 36.4 Å². The Bertz CT molecular complexity index is 1250. The number of rotatable bonds is 4. The molecule has 10 nitrogen and oxygen atoms in total. The van der Waals surface area contributed by atoms with E-state index in [0.29, 0.717) is 9.92 Å². The number of hydrogen-bond acceptors (Lipinski definition) is 6. The highest BCUT2D eigenvalue weighted by molar-refractivity contribution is 6.62. The molecule has 1 fully saturated rings. The van der Waals surface area contributed by atoms with Gasteiger partial charge in [-0.3, -0.25) is 24.0 Å². The smallest absolute Gasteiger partial charge is 0.329 e. The molecule has 1 heterocycles. The van der Waals surface area contributed by atoms with Gasteiger partial charge in [0.1, 0.15) is 5.71 Å². The molecular weight excluding hydrogens is 520 g/mol. The number of nitrogens with one attached hydrogen (secondary N) is 2. The summed E-state index contributed by atoms with van der Waals surface area (Å²) < 4.78 is 0. The molecule has 0 spiro atoms. The third-order valence-corrected chi connectivity index (χ3v) is 5.35.